The SMILES string of the molecule is CC(C)(C)C(=O)NCCCC(=O)NC1CCCCCC1. The Morgan fingerprint density at radius 3 is 2.20 bits per heavy atom. The number of nitrogens with one attached hydrogen (secondary N) is 2. The van der Waals surface area contributed by atoms with Gasteiger partial charge in [0.25, 0.3) is 0 Å². The lowest BCUT2D eigenvalue weighted by Crippen LogP contribution is -2.37. The molecular formula is C16H30N2O2. The van der Waals surface area contributed by atoms with Crippen LogP contribution in [0.5, 0.6) is 0 Å². The molecule has 0 radical (unpaired) electrons. The van der Waals surface area contributed by atoms with Crippen LogP contribution in [0.4, 0.5) is 0 Å². The van der Waals surface area contributed by atoms with Gasteiger partial charge in [0.05, 0.1) is 0 Å². The van der Waals surface area contributed by atoms with Gasteiger partial charge in [0.2, 0.25) is 11.8 Å². The van der Waals surface area contributed by atoms with Crippen LogP contribution in [0, 0.1) is 5.41 Å². The first-order valence-corrected chi connectivity index (χ1v) is 7.97. The molecule has 2 amide bonds. The Labute approximate surface area is 123 Å². The highest BCUT2D eigenvalue weighted by molar-refractivity contribution is 5.81. The topological polar surface area (TPSA) is 58.2 Å². The molecule has 116 valence electrons. The summed E-state index contributed by atoms with van der Waals surface area (Å²) < 4.78 is 0. The van der Waals surface area contributed by atoms with Crippen molar-refractivity contribution in [3.8, 4) is 0 Å². The van der Waals surface area contributed by atoms with Crippen LogP contribution in [0.1, 0.15) is 72.1 Å². The molecule has 20 heavy (non-hydrogen) atoms. The van der Waals surface area contributed by atoms with Crippen molar-refractivity contribution in [2.24, 2.45) is 5.41 Å². The highest BCUT2D eigenvalue weighted by atomic mass is 16.2. The van der Waals surface area contributed by atoms with Crippen LogP contribution < -0.4 is 10.6 Å². The maximum Gasteiger partial charge on any atom is 0.225 e. The molecule has 0 unspecified atom stereocenters. The van der Waals surface area contributed by atoms with Gasteiger partial charge < -0.3 is 10.6 Å². The van der Waals surface area contributed by atoms with Crippen molar-refractivity contribution in [1.82, 2.24) is 10.6 Å². The van der Waals surface area contributed by atoms with Crippen molar-refractivity contribution < 1.29 is 9.59 Å². The molecule has 1 saturated carbocycles. The molecule has 1 fully saturated rings. The first-order valence-electron chi connectivity index (χ1n) is 7.97. The van der Waals surface area contributed by atoms with Gasteiger partial charge in [-0.3, -0.25) is 9.59 Å². The lowest BCUT2D eigenvalue weighted by molar-refractivity contribution is -0.128. The number of rotatable bonds is 5. The van der Waals surface area contributed by atoms with Crippen LogP contribution in [0.15, 0.2) is 0 Å². The Morgan fingerprint density at radius 2 is 1.65 bits per heavy atom. The monoisotopic (exact) mass is 282 g/mol. The molecule has 0 aromatic heterocycles. The molecule has 4 nitrogen and oxygen atoms in total. The van der Waals surface area contributed by atoms with E-state index in [0.717, 1.165) is 12.8 Å². The summed E-state index contributed by atoms with van der Waals surface area (Å²) in [6.07, 6.45) is 8.50. The van der Waals surface area contributed by atoms with E-state index >= 15 is 0 Å². The molecule has 0 atom stereocenters. The van der Waals surface area contributed by atoms with E-state index in [1.165, 1.54) is 25.7 Å². The molecule has 0 spiro atoms. The summed E-state index contributed by atoms with van der Waals surface area (Å²) in [5.74, 6) is 0.170. The van der Waals surface area contributed by atoms with Gasteiger partial charge in [0.1, 0.15) is 0 Å². The lowest BCUT2D eigenvalue weighted by atomic mass is 9.96. The molecule has 0 aromatic carbocycles. The van der Waals surface area contributed by atoms with Gasteiger partial charge >= 0.3 is 0 Å². The molecular weight excluding hydrogens is 252 g/mol. The molecule has 0 saturated heterocycles. The van der Waals surface area contributed by atoms with E-state index in [-0.39, 0.29) is 17.2 Å². The van der Waals surface area contributed by atoms with E-state index in [2.05, 4.69) is 10.6 Å². The molecule has 1 aliphatic carbocycles. The third-order valence-corrected chi connectivity index (χ3v) is 3.77. The largest absolute Gasteiger partial charge is 0.356 e. The Morgan fingerprint density at radius 1 is 1.05 bits per heavy atom. The predicted molar refractivity (Wildman–Crippen MR) is 81.3 cm³/mol. The Kier molecular flexibility index (Phi) is 7.03. The first-order chi connectivity index (χ1) is 9.39. The summed E-state index contributed by atoms with van der Waals surface area (Å²) in [5.41, 5.74) is -0.359. The van der Waals surface area contributed by atoms with E-state index < -0.39 is 0 Å². The maximum absolute atomic E-state index is 11.8. The number of hydrogen-bond donors (Lipinski definition) is 2. The summed E-state index contributed by atoms with van der Waals surface area (Å²) >= 11 is 0. The summed E-state index contributed by atoms with van der Waals surface area (Å²) in [6, 6.07) is 0.370. The van der Waals surface area contributed by atoms with Gasteiger partial charge in [-0.15, -0.1) is 0 Å². The van der Waals surface area contributed by atoms with Crippen molar-refractivity contribution in [1.29, 1.82) is 0 Å². The molecule has 0 aromatic rings. The molecule has 0 bridgehead atoms. The molecule has 1 aliphatic rings. The normalized spacial score (nSPS) is 17.4. The highest BCUT2D eigenvalue weighted by Gasteiger charge is 2.20. The second-order valence-corrected chi connectivity index (χ2v) is 6.87. The van der Waals surface area contributed by atoms with Crippen LogP contribution in [0.2, 0.25) is 0 Å². The van der Waals surface area contributed by atoms with Crippen molar-refractivity contribution in [3.63, 3.8) is 0 Å². The van der Waals surface area contributed by atoms with E-state index in [9.17, 15) is 9.59 Å². The third kappa shape index (κ3) is 6.92. The number of amides is 2. The van der Waals surface area contributed by atoms with Crippen LogP contribution in [0.25, 0.3) is 0 Å². The smallest absolute Gasteiger partial charge is 0.225 e. The fraction of sp³-hybridized carbons (Fsp3) is 0.875. The first kappa shape index (κ1) is 17.0. The van der Waals surface area contributed by atoms with Gasteiger partial charge in [-0.25, -0.2) is 0 Å². The zero-order valence-corrected chi connectivity index (χ0v) is 13.3. The second-order valence-electron chi connectivity index (χ2n) is 6.87. The fourth-order valence-corrected chi connectivity index (χ4v) is 2.44. The predicted octanol–water partition coefficient (Wildman–Crippen LogP) is 2.77. The van der Waals surface area contributed by atoms with Crippen molar-refractivity contribution in [2.45, 2.75) is 78.2 Å². The standard InChI is InChI=1S/C16H30N2O2/c1-16(2,3)15(20)17-12-8-11-14(19)18-13-9-6-4-5-7-10-13/h13H,4-12H2,1-3H3,(H,17,20)(H,18,19). The zero-order chi connectivity index (χ0) is 15.0. The third-order valence-electron chi connectivity index (χ3n) is 3.77. The van der Waals surface area contributed by atoms with E-state index in [1.807, 2.05) is 20.8 Å². The Hall–Kier alpha value is -1.06. The number of hydrogen-bond acceptors (Lipinski definition) is 2. The molecule has 2 N–H and O–H groups in total. The van der Waals surface area contributed by atoms with Gasteiger partial charge in [0, 0.05) is 24.4 Å². The van der Waals surface area contributed by atoms with Gasteiger partial charge in [-0.05, 0) is 19.3 Å². The quantitative estimate of drug-likeness (QED) is 0.602. The number of carbonyl (C=O) groups excluding carboxylic acids is 2. The fourth-order valence-electron chi connectivity index (χ4n) is 2.44. The van der Waals surface area contributed by atoms with Crippen LogP contribution in [-0.2, 0) is 9.59 Å². The molecule has 4 heteroatoms. The summed E-state index contributed by atoms with van der Waals surface area (Å²) in [7, 11) is 0. The summed E-state index contributed by atoms with van der Waals surface area (Å²) in [4.78, 5) is 23.5. The highest BCUT2D eigenvalue weighted by Crippen LogP contribution is 2.17. The minimum absolute atomic E-state index is 0.0432. The van der Waals surface area contributed by atoms with E-state index in [4.69, 9.17) is 0 Å². The molecule has 0 aliphatic heterocycles. The lowest BCUT2D eigenvalue weighted by Gasteiger charge is -2.18. The average Bonchev–Trinajstić information content (AvgIpc) is 2.61. The van der Waals surface area contributed by atoms with Gasteiger partial charge in [0.15, 0.2) is 0 Å². The maximum atomic E-state index is 11.8. The second kappa shape index (κ2) is 8.28. The van der Waals surface area contributed by atoms with Crippen LogP contribution in [0.3, 0.4) is 0 Å². The van der Waals surface area contributed by atoms with E-state index in [0.29, 0.717) is 25.4 Å². The average molecular weight is 282 g/mol. The summed E-state index contributed by atoms with van der Waals surface area (Å²) in [6.45, 7) is 6.25. The van der Waals surface area contributed by atoms with Gasteiger partial charge in [-0.2, -0.15) is 0 Å². The van der Waals surface area contributed by atoms with Gasteiger partial charge in [-0.1, -0.05) is 46.5 Å². The van der Waals surface area contributed by atoms with Crippen molar-refractivity contribution in [2.75, 3.05) is 6.54 Å². The minimum Gasteiger partial charge on any atom is -0.356 e. The number of carbonyl (C=O) groups is 2. The van der Waals surface area contributed by atoms with Crippen LogP contribution in [-0.4, -0.2) is 24.4 Å². The zero-order valence-electron chi connectivity index (χ0n) is 13.3. The van der Waals surface area contributed by atoms with E-state index in [1.54, 1.807) is 0 Å². The molecule has 1 rings (SSSR count). The van der Waals surface area contributed by atoms with Crippen molar-refractivity contribution in [3.05, 3.63) is 0 Å². The Bertz CT molecular complexity index is 313. The minimum atomic E-state index is -0.359. The molecule has 0 heterocycles. The Balaban J connectivity index is 2.12. The van der Waals surface area contributed by atoms with Crippen LogP contribution >= 0.6 is 0 Å². The summed E-state index contributed by atoms with van der Waals surface area (Å²) in [5, 5.41) is 6.00. The van der Waals surface area contributed by atoms with Crippen molar-refractivity contribution >= 4 is 11.8 Å².